The molecule has 0 aliphatic carbocycles. The predicted octanol–water partition coefficient (Wildman–Crippen LogP) is 5.28. The lowest BCUT2D eigenvalue weighted by atomic mass is 10.1. The molecule has 164 valence electrons. The maximum atomic E-state index is 12.1. The van der Waals surface area contributed by atoms with Gasteiger partial charge in [0.25, 0.3) is 0 Å². The number of hydrogen-bond donors (Lipinski definition) is 1. The summed E-state index contributed by atoms with van der Waals surface area (Å²) in [6.45, 7) is 0.615. The smallest absolute Gasteiger partial charge is 0.340 e. The van der Waals surface area contributed by atoms with Crippen molar-refractivity contribution in [1.82, 2.24) is 4.57 Å². The molecule has 1 N–H and O–H groups in total. The second kappa shape index (κ2) is 8.68. The summed E-state index contributed by atoms with van der Waals surface area (Å²) in [5.74, 6) is -0.468. The van der Waals surface area contributed by atoms with Crippen LogP contribution in [-0.4, -0.2) is 32.3 Å². The molecule has 32 heavy (non-hydrogen) atoms. The van der Waals surface area contributed by atoms with Crippen molar-refractivity contribution in [2.24, 2.45) is 0 Å². The molecule has 0 aliphatic rings. The van der Waals surface area contributed by atoms with Crippen LogP contribution in [0.4, 0.5) is 11.4 Å². The van der Waals surface area contributed by atoms with Gasteiger partial charge in [-0.25, -0.2) is 13.2 Å². The Morgan fingerprint density at radius 3 is 2.47 bits per heavy atom. The number of methoxy groups -OCH3 is 1. The minimum absolute atomic E-state index is 0.308. The quantitative estimate of drug-likeness (QED) is 0.390. The second-order valence-corrected chi connectivity index (χ2v) is 9.89. The molecule has 0 fully saturated rings. The molecule has 0 bridgehead atoms. The van der Waals surface area contributed by atoms with Gasteiger partial charge in [0.2, 0.25) is 0 Å². The molecule has 0 spiro atoms. The lowest BCUT2D eigenvalue weighted by Gasteiger charge is -2.12. The first-order valence-corrected chi connectivity index (χ1v) is 12.0. The van der Waals surface area contributed by atoms with Crippen LogP contribution in [0.5, 0.6) is 0 Å². The summed E-state index contributed by atoms with van der Waals surface area (Å²) in [4.78, 5) is 12.4. The van der Waals surface area contributed by atoms with Gasteiger partial charge in [0.05, 0.1) is 23.3 Å². The maximum Gasteiger partial charge on any atom is 0.340 e. The van der Waals surface area contributed by atoms with E-state index in [2.05, 4.69) is 9.88 Å². The molecule has 6 nitrogen and oxygen atoms in total. The van der Waals surface area contributed by atoms with E-state index in [4.69, 9.17) is 16.3 Å². The Kier molecular flexibility index (Phi) is 5.95. The van der Waals surface area contributed by atoms with E-state index in [1.54, 1.807) is 30.3 Å². The SMILES string of the molecule is COC(=O)c1cc(Cl)ccc1Nc1ccc2c(ccn2Cc2ccc(S(C)(=O)=O)cc2)c1. The van der Waals surface area contributed by atoms with Crippen molar-refractivity contribution in [2.45, 2.75) is 11.4 Å². The molecule has 3 aromatic carbocycles. The van der Waals surface area contributed by atoms with Crippen LogP contribution < -0.4 is 5.32 Å². The first-order valence-electron chi connectivity index (χ1n) is 9.77. The lowest BCUT2D eigenvalue weighted by molar-refractivity contribution is 0.0602. The number of fused-ring (bicyclic) bond motifs is 1. The van der Waals surface area contributed by atoms with Gasteiger partial charge in [0.1, 0.15) is 0 Å². The van der Waals surface area contributed by atoms with Crippen LogP contribution in [0.25, 0.3) is 10.9 Å². The third kappa shape index (κ3) is 4.64. The standard InChI is InChI=1S/C24H21ClN2O4S/c1-31-24(28)21-14-18(25)5-9-22(21)26-19-6-10-23-17(13-19)11-12-27(23)15-16-3-7-20(8-4-16)32(2,29)30/h3-14,26H,15H2,1-2H3. The zero-order chi connectivity index (χ0) is 22.9. The van der Waals surface area contributed by atoms with E-state index < -0.39 is 15.8 Å². The summed E-state index contributed by atoms with van der Waals surface area (Å²) < 4.78 is 30.2. The van der Waals surface area contributed by atoms with E-state index in [-0.39, 0.29) is 0 Å². The van der Waals surface area contributed by atoms with Gasteiger partial charge < -0.3 is 14.6 Å². The van der Waals surface area contributed by atoms with Crippen molar-refractivity contribution in [1.29, 1.82) is 0 Å². The minimum Gasteiger partial charge on any atom is -0.465 e. The Balaban J connectivity index is 1.58. The lowest BCUT2D eigenvalue weighted by Crippen LogP contribution is -2.05. The molecular weight excluding hydrogens is 448 g/mol. The molecule has 1 aromatic heterocycles. The number of carbonyl (C=O) groups is 1. The highest BCUT2D eigenvalue weighted by Gasteiger charge is 2.13. The predicted molar refractivity (Wildman–Crippen MR) is 127 cm³/mol. The number of esters is 1. The van der Waals surface area contributed by atoms with Crippen LogP contribution in [0, 0.1) is 0 Å². The monoisotopic (exact) mass is 468 g/mol. The van der Waals surface area contributed by atoms with Crippen molar-refractivity contribution in [3.8, 4) is 0 Å². The fourth-order valence-corrected chi connectivity index (χ4v) is 4.32. The minimum atomic E-state index is -3.21. The Bertz CT molecular complexity index is 1410. The Morgan fingerprint density at radius 2 is 1.78 bits per heavy atom. The third-order valence-electron chi connectivity index (χ3n) is 5.14. The number of carbonyl (C=O) groups excluding carboxylic acids is 1. The van der Waals surface area contributed by atoms with Gasteiger partial charge in [-0.3, -0.25) is 0 Å². The highest BCUT2D eigenvalue weighted by molar-refractivity contribution is 7.90. The van der Waals surface area contributed by atoms with Crippen molar-refractivity contribution < 1.29 is 17.9 Å². The third-order valence-corrected chi connectivity index (χ3v) is 6.50. The normalized spacial score (nSPS) is 11.5. The van der Waals surface area contributed by atoms with Crippen molar-refractivity contribution in [3.63, 3.8) is 0 Å². The summed E-state index contributed by atoms with van der Waals surface area (Å²) in [5, 5.41) is 4.74. The number of hydrogen-bond acceptors (Lipinski definition) is 5. The molecule has 8 heteroatoms. The molecule has 0 radical (unpaired) electrons. The fourth-order valence-electron chi connectivity index (χ4n) is 3.51. The number of aromatic nitrogens is 1. The Morgan fingerprint density at radius 1 is 1.03 bits per heavy atom. The fraction of sp³-hybridized carbons (Fsp3) is 0.125. The highest BCUT2D eigenvalue weighted by Crippen LogP contribution is 2.28. The summed E-state index contributed by atoms with van der Waals surface area (Å²) in [6, 6.07) is 19.9. The van der Waals surface area contributed by atoms with Gasteiger partial charge >= 0.3 is 5.97 Å². The number of rotatable bonds is 6. The molecule has 0 saturated carbocycles. The van der Waals surface area contributed by atoms with Gasteiger partial charge in [0, 0.05) is 40.6 Å². The Labute approximate surface area is 191 Å². The van der Waals surface area contributed by atoms with Crippen LogP contribution >= 0.6 is 11.6 Å². The van der Waals surface area contributed by atoms with Gasteiger partial charge in [-0.1, -0.05) is 23.7 Å². The average molecular weight is 469 g/mol. The molecule has 1 heterocycles. The van der Waals surface area contributed by atoms with Crippen LogP contribution in [0.15, 0.2) is 77.8 Å². The van der Waals surface area contributed by atoms with Crippen molar-refractivity contribution >= 4 is 49.7 Å². The van der Waals surface area contributed by atoms with Gasteiger partial charge in [-0.05, 0) is 60.2 Å². The summed E-state index contributed by atoms with van der Waals surface area (Å²) in [6.07, 6.45) is 3.19. The average Bonchev–Trinajstić information content (AvgIpc) is 3.16. The molecule has 0 aliphatic heterocycles. The number of nitrogens with zero attached hydrogens (tertiary/aromatic N) is 1. The summed E-state index contributed by atoms with van der Waals surface area (Å²) >= 11 is 6.03. The first-order chi connectivity index (χ1) is 15.2. The zero-order valence-electron chi connectivity index (χ0n) is 17.5. The second-order valence-electron chi connectivity index (χ2n) is 7.44. The molecule has 4 aromatic rings. The molecule has 0 saturated heterocycles. The van der Waals surface area contributed by atoms with E-state index in [1.807, 2.05) is 42.6 Å². The zero-order valence-corrected chi connectivity index (χ0v) is 19.1. The van der Waals surface area contributed by atoms with Crippen LogP contribution in [0.3, 0.4) is 0 Å². The highest BCUT2D eigenvalue weighted by atomic mass is 35.5. The molecule has 0 atom stereocenters. The van der Waals surface area contributed by atoms with Crippen molar-refractivity contribution in [3.05, 3.63) is 89.1 Å². The number of nitrogens with one attached hydrogen (secondary N) is 1. The number of halogens is 1. The van der Waals surface area contributed by atoms with Crippen molar-refractivity contribution in [2.75, 3.05) is 18.7 Å². The van der Waals surface area contributed by atoms with E-state index in [0.29, 0.717) is 27.7 Å². The van der Waals surface area contributed by atoms with Gasteiger partial charge in [-0.2, -0.15) is 0 Å². The molecular formula is C24H21ClN2O4S. The van der Waals surface area contributed by atoms with E-state index in [0.717, 1.165) is 22.2 Å². The molecule has 0 unspecified atom stereocenters. The maximum absolute atomic E-state index is 12.1. The summed E-state index contributed by atoms with van der Waals surface area (Å²) in [5.41, 5.74) is 3.81. The van der Waals surface area contributed by atoms with Gasteiger partial charge in [0.15, 0.2) is 9.84 Å². The Hall–Kier alpha value is -3.29. The van der Waals surface area contributed by atoms with E-state index >= 15 is 0 Å². The number of sulfone groups is 1. The number of anilines is 2. The molecule has 4 rings (SSSR count). The van der Waals surface area contributed by atoms with Crippen LogP contribution in [-0.2, 0) is 21.1 Å². The van der Waals surface area contributed by atoms with Gasteiger partial charge in [-0.15, -0.1) is 0 Å². The number of ether oxygens (including phenoxy) is 1. The largest absolute Gasteiger partial charge is 0.465 e. The van der Waals surface area contributed by atoms with E-state index in [1.165, 1.54) is 13.4 Å². The van der Waals surface area contributed by atoms with Crippen LogP contribution in [0.1, 0.15) is 15.9 Å². The topological polar surface area (TPSA) is 77.4 Å². The number of benzene rings is 3. The van der Waals surface area contributed by atoms with E-state index in [9.17, 15) is 13.2 Å². The molecule has 0 amide bonds. The summed E-state index contributed by atoms with van der Waals surface area (Å²) in [7, 11) is -1.88. The van der Waals surface area contributed by atoms with Crippen LogP contribution in [0.2, 0.25) is 5.02 Å². The first kappa shape index (κ1) is 21.9.